The van der Waals surface area contributed by atoms with Gasteiger partial charge in [-0.05, 0) is 61.3 Å². The van der Waals surface area contributed by atoms with Crippen LogP contribution in [0.2, 0.25) is 15.1 Å². The second kappa shape index (κ2) is 7.16. The molecule has 25 heavy (non-hydrogen) atoms. The van der Waals surface area contributed by atoms with Gasteiger partial charge in [-0.25, -0.2) is 4.98 Å². The quantitative estimate of drug-likeness (QED) is 0.599. The standard InChI is InChI=1S/C19H18Cl3N3/c20-14-3-4-17-18(9-14)24-19(23-17)13-2-1-5-25(11-13)10-12-6-15(21)8-16(22)7-12/h3-4,6-9,13H,1-2,5,10-11H2,(H,23,24)/t13-/m1/s1. The number of likely N-dealkylation sites (tertiary alicyclic amines) is 1. The Morgan fingerprint density at radius 3 is 2.64 bits per heavy atom. The van der Waals surface area contributed by atoms with Crippen LogP contribution in [0.4, 0.5) is 0 Å². The molecule has 3 nitrogen and oxygen atoms in total. The first-order valence-electron chi connectivity index (χ1n) is 8.39. The third-order valence-corrected chi connectivity index (χ3v) is 5.35. The average molecular weight is 395 g/mol. The number of benzene rings is 2. The van der Waals surface area contributed by atoms with Gasteiger partial charge in [-0.2, -0.15) is 0 Å². The molecule has 1 saturated heterocycles. The second-order valence-electron chi connectivity index (χ2n) is 6.64. The molecule has 6 heteroatoms. The van der Waals surface area contributed by atoms with E-state index < -0.39 is 0 Å². The third kappa shape index (κ3) is 3.95. The summed E-state index contributed by atoms with van der Waals surface area (Å²) in [6.45, 7) is 2.90. The zero-order chi connectivity index (χ0) is 17.4. The third-order valence-electron chi connectivity index (χ3n) is 4.68. The maximum atomic E-state index is 6.12. The molecule has 2 heterocycles. The lowest BCUT2D eigenvalue weighted by atomic mass is 9.97. The number of nitrogens with zero attached hydrogens (tertiary/aromatic N) is 2. The molecule has 3 aromatic rings. The van der Waals surface area contributed by atoms with Crippen LogP contribution in [0.1, 0.15) is 30.1 Å². The van der Waals surface area contributed by atoms with Crippen LogP contribution >= 0.6 is 34.8 Å². The fraction of sp³-hybridized carbons (Fsp3) is 0.316. The van der Waals surface area contributed by atoms with Gasteiger partial charge >= 0.3 is 0 Å². The molecule has 1 atom stereocenters. The number of aromatic nitrogens is 2. The van der Waals surface area contributed by atoms with E-state index in [1.54, 1.807) is 6.07 Å². The normalized spacial score (nSPS) is 18.8. The molecule has 4 rings (SSSR count). The van der Waals surface area contributed by atoms with E-state index in [1.165, 1.54) is 0 Å². The Kier molecular flexibility index (Phi) is 4.92. The number of hydrogen-bond acceptors (Lipinski definition) is 2. The monoisotopic (exact) mass is 393 g/mol. The van der Waals surface area contributed by atoms with Crippen LogP contribution in [0.3, 0.4) is 0 Å². The van der Waals surface area contributed by atoms with Gasteiger partial charge in [0.15, 0.2) is 0 Å². The minimum atomic E-state index is 0.398. The van der Waals surface area contributed by atoms with E-state index >= 15 is 0 Å². The summed E-state index contributed by atoms with van der Waals surface area (Å²) in [5.74, 6) is 1.45. The zero-order valence-corrected chi connectivity index (χ0v) is 15.9. The van der Waals surface area contributed by atoms with Gasteiger partial charge in [-0.15, -0.1) is 0 Å². The Balaban J connectivity index is 1.51. The van der Waals surface area contributed by atoms with Gasteiger partial charge in [-0.3, -0.25) is 4.90 Å². The van der Waals surface area contributed by atoms with Crippen molar-refractivity contribution in [1.29, 1.82) is 0 Å². The van der Waals surface area contributed by atoms with Crippen molar-refractivity contribution in [1.82, 2.24) is 14.9 Å². The van der Waals surface area contributed by atoms with Crippen LogP contribution in [0.5, 0.6) is 0 Å². The first-order chi connectivity index (χ1) is 12.1. The van der Waals surface area contributed by atoms with E-state index in [2.05, 4.69) is 9.88 Å². The van der Waals surface area contributed by atoms with Crippen molar-refractivity contribution in [3.05, 3.63) is 62.9 Å². The summed E-state index contributed by atoms with van der Waals surface area (Å²) in [6.07, 6.45) is 2.29. The number of fused-ring (bicyclic) bond motifs is 1. The number of nitrogens with one attached hydrogen (secondary N) is 1. The summed E-state index contributed by atoms with van der Waals surface area (Å²) in [7, 11) is 0. The molecule has 1 aliphatic heterocycles. The van der Waals surface area contributed by atoms with Crippen molar-refractivity contribution in [3.63, 3.8) is 0 Å². The van der Waals surface area contributed by atoms with Gasteiger partial charge in [0, 0.05) is 34.1 Å². The molecular weight excluding hydrogens is 377 g/mol. The summed E-state index contributed by atoms with van der Waals surface area (Å²) in [6, 6.07) is 11.5. The van der Waals surface area contributed by atoms with Gasteiger partial charge in [0.1, 0.15) is 5.82 Å². The van der Waals surface area contributed by atoms with Gasteiger partial charge in [0.2, 0.25) is 0 Å². The fourth-order valence-corrected chi connectivity index (χ4v) is 4.32. The summed E-state index contributed by atoms with van der Waals surface area (Å²) in [4.78, 5) is 10.6. The Bertz CT molecular complexity index is 886. The maximum absolute atomic E-state index is 6.12. The highest BCUT2D eigenvalue weighted by Crippen LogP contribution is 2.29. The number of halogens is 3. The summed E-state index contributed by atoms with van der Waals surface area (Å²) in [5, 5.41) is 2.10. The predicted octanol–water partition coefficient (Wildman–Crippen LogP) is 5.90. The van der Waals surface area contributed by atoms with E-state index in [0.29, 0.717) is 16.0 Å². The van der Waals surface area contributed by atoms with Crippen LogP contribution < -0.4 is 0 Å². The first-order valence-corrected chi connectivity index (χ1v) is 9.53. The van der Waals surface area contributed by atoms with Crippen molar-refractivity contribution in [2.75, 3.05) is 13.1 Å². The van der Waals surface area contributed by atoms with Crippen molar-refractivity contribution in [2.24, 2.45) is 0 Å². The second-order valence-corrected chi connectivity index (χ2v) is 7.94. The first kappa shape index (κ1) is 17.2. The van der Waals surface area contributed by atoms with Gasteiger partial charge in [0.05, 0.1) is 11.0 Å². The van der Waals surface area contributed by atoms with Crippen LogP contribution in [0.25, 0.3) is 11.0 Å². The van der Waals surface area contributed by atoms with Crippen molar-refractivity contribution >= 4 is 45.8 Å². The minimum Gasteiger partial charge on any atom is -0.342 e. The molecule has 1 fully saturated rings. The average Bonchev–Trinajstić information content (AvgIpc) is 2.97. The Morgan fingerprint density at radius 1 is 1.04 bits per heavy atom. The number of aromatic amines is 1. The predicted molar refractivity (Wildman–Crippen MR) is 105 cm³/mol. The molecule has 0 aliphatic carbocycles. The van der Waals surface area contributed by atoms with Crippen LogP contribution in [-0.2, 0) is 6.54 Å². The van der Waals surface area contributed by atoms with Crippen LogP contribution in [-0.4, -0.2) is 28.0 Å². The molecular formula is C19H18Cl3N3. The Labute approximate surface area is 161 Å². The minimum absolute atomic E-state index is 0.398. The number of rotatable bonds is 3. The molecule has 0 spiro atoms. The summed E-state index contributed by atoms with van der Waals surface area (Å²) >= 11 is 18.3. The summed E-state index contributed by atoms with van der Waals surface area (Å²) < 4.78 is 0. The summed E-state index contributed by atoms with van der Waals surface area (Å²) in [5.41, 5.74) is 3.12. The van der Waals surface area contributed by atoms with Crippen LogP contribution in [0.15, 0.2) is 36.4 Å². The molecule has 0 saturated carbocycles. The van der Waals surface area contributed by atoms with E-state index in [1.807, 2.05) is 30.3 Å². The topological polar surface area (TPSA) is 31.9 Å². The van der Waals surface area contributed by atoms with Gasteiger partial charge in [-0.1, -0.05) is 34.8 Å². The Morgan fingerprint density at radius 2 is 1.84 bits per heavy atom. The molecule has 130 valence electrons. The lowest BCUT2D eigenvalue weighted by molar-refractivity contribution is 0.197. The number of imidazole rings is 1. The van der Waals surface area contributed by atoms with E-state index in [9.17, 15) is 0 Å². The number of piperidine rings is 1. The highest BCUT2D eigenvalue weighted by atomic mass is 35.5. The highest BCUT2D eigenvalue weighted by molar-refractivity contribution is 6.34. The zero-order valence-electron chi connectivity index (χ0n) is 13.6. The van der Waals surface area contributed by atoms with Gasteiger partial charge in [0.25, 0.3) is 0 Å². The lowest BCUT2D eigenvalue weighted by Gasteiger charge is -2.31. The molecule has 0 radical (unpaired) electrons. The van der Waals surface area contributed by atoms with E-state index in [4.69, 9.17) is 39.8 Å². The molecule has 2 aromatic carbocycles. The largest absolute Gasteiger partial charge is 0.342 e. The molecule has 1 aromatic heterocycles. The SMILES string of the molecule is Clc1cc(Cl)cc(CN2CCC[C@@H](c3nc4ccc(Cl)cc4[nH]3)C2)c1. The number of hydrogen-bond donors (Lipinski definition) is 1. The van der Waals surface area contributed by atoms with Crippen molar-refractivity contribution in [3.8, 4) is 0 Å². The van der Waals surface area contributed by atoms with Gasteiger partial charge < -0.3 is 4.98 Å². The molecule has 0 amide bonds. The van der Waals surface area contributed by atoms with E-state index in [-0.39, 0.29) is 0 Å². The smallest absolute Gasteiger partial charge is 0.111 e. The molecule has 1 aliphatic rings. The van der Waals surface area contributed by atoms with Crippen molar-refractivity contribution in [2.45, 2.75) is 25.3 Å². The molecule has 0 unspecified atom stereocenters. The highest BCUT2D eigenvalue weighted by Gasteiger charge is 2.24. The lowest BCUT2D eigenvalue weighted by Crippen LogP contribution is -2.34. The van der Waals surface area contributed by atoms with Crippen LogP contribution in [0, 0.1) is 0 Å². The number of H-pyrrole nitrogens is 1. The maximum Gasteiger partial charge on any atom is 0.111 e. The molecule has 1 N–H and O–H groups in total. The van der Waals surface area contributed by atoms with Crippen molar-refractivity contribution < 1.29 is 0 Å². The fourth-order valence-electron chi connectivity index (χ4n) is 3.58. The Hall–Kier alpha value is -1.26. The van der Waals surface area contributed by atoms with E-state index in [0.717, 1.165) is 59.9 Å². The molecule has 0 bridgehead atoms.